The highest BCUT2D eigenvalue weighted by molar-refractivity contribution is 5.63. The van der Waals surface area contributed by atoms with Crippen LogP contribution in [0.4, 0.5) is 0 Å². The summed E-state index contributed by atoms with van der Waals surface area (Å²) < 4.78 is 5.66. The molecular formula is C23H25N3O. The highest BCUT2D eigenvalue weighted by Gasteiger charge is 2.48. The molecule has 4 heteroatoms. The second-order valence-corrected chi connectivity index (χ2v) is 8.00. The first kappa shape index (κ1) is 16.7. The van der Waals surface area contributed by atoms with E-state index in [1.807, 2.05) is 6.92 Å². The maximum atomic E-state index is 5.66. The van der Waals surface area contributed by atoms with Crippen LogP contribution in [0.2, 0.25) is 0 Å². The zero-order chi connectivity index (χ0) is 18.4. The molecule has 4 nitrogen and oxygen atoms in total. The third-order valence-electron chi connectivity index (χ3n) is 6.54. The van der Waals surface area contributed by atoms with Gasteiger partial charge in [0.25, 0.3) is 0 Å². The number of nitrogens with zero attached hydrogens (tertiary/aromatic N) is 3. The van der Waals surface area contributed by atoms with E-state index in [0.29, 0.717) is 18.0 Å². The van der Waals surface area contributed by atoms with Crippen molar-refractivity contribution < 1.29 is 4.52 Å². The number of hydrogen-bond acceptors (Lipinski definition) is 4. The molecule has 2 aliphatic heterocycles. The molecule has 0 aliphatic carbocycles. The third-order valence-corrected chi connectivity index (χ3v) is 6.54. The second-order valence-electron chi connectivity index (χ2n) is 8.00. The molecule has 0 unspecified atom stereocenters. The van der Waals surface area contributed by atoms with Crippen LogP contribution in [-0.4, -0.2) is 34.2 Å². The maximum Gasteiger partial charge on any atom is 0.231 e. The lowest BCUT2D eigenvalue weighted by atomic mass is 9.76. The van der Waals surface area contributed by atoms with Gasteiger partial charge in [0.05, 0.1) is 5.92 Å². The quantitative estimate of drug-likeness (QED) is 0.675. The van der Waals surface area contributed by atoms with Gasteiger partial charge >= 0.3 is 0 Å². The Morgan fingerprint density at radius 1 is 0.963 bits per heavy atom. The minimum atomic E-state index is 0.275. The molecule has 0 amide bonds. The summed E-state index contributed by atoms with van der Waals surface area (Å²) in [6.07, 6.45) is 3.64. The van der Waals surface area contributed by atoms with Crippen molar-refractivity contribution in [3.05, 3.63) is 71.9 Å². The van der Waals surface area contributed by atoms with E-state index in [2.05, 4.69) is 76.7 Å². The van der Waals surface area contributed by atoms with Gasteiger partial charge in [0.15, 0.2) is 5.82 Å². The lowest BCUT2D eigenvalue weighted by molar-refractivity contribution is 0.120. The van der Waals surface area contributed by atoms with Gasteiger partial charge in [-0.15, -0.1) is 0 Å². The number of likely N-dealkylation sites (N-methyl/N-ethyl adjacent to an activating group) is 1. The molecule has 0 saturated carbocycles. The van der Waals surface area contributed by atoms with Gasteiger partial charge in [0.1, 0.15) is 0 Å². The number of piperidine rings is 1. The van der Waals surface area contributed by atoms with Crippen molar-refractivity contribution in [1.82, 2.24) is 15.0 Å². The summed E-state index contributed by atoms with van der Waals surface area (Å²) in [5.41, 5.74) is 3.91. The van der Waals surface area contributed by atoms with Crippen LogP contribution >= 0.6 is 0 Å². The van der Waals surface area contributed by atoms with Gasteiger partial charge in [-0.25, -0.2) is 0 Å². The van der Waals surface area contributed by atoms with Crippen molar-refractivity contribution in [3.8, 4) is 11.1 Å². The third kappa shape index (κ3) is 2.88. The summed E-state index contributed by atoms with van der Waals surface area (Å²) in [5.74, 6) is 2.24. The molecule has 138 valence electrons. The average Bonchev–Trinajstić information content (AvgIpc) is 3.22. The van der Waals surface area contributed by atoms with Crippen LogP contribution in [0.3, 0.4) is 0 Å². The van der Waals surface area contributed by atoms with Crippen LogP contribution in [-0.2, 0) is 0 Å². The summed E-state index contributed by atoms with van der Waals surface area (Å²) in [5, 5.41) is 4.08. The van der Waals surface area contributed by atoms with Crippen molar-refractivity contribution in [3.63, 3.8) is 0 Å². The molecule has 27 heavy (non-hydrogen) atoms. The standard InChI is InChI=1S/C23H25N3O/c1-15-24-23(27-25-15)22-20(14-19-12-13-21(22)26(19)2)18-10-8-17(9-11-18)16-6-4-3-5-7-16/h3-11,19-22H,12-14H2,1-2H3/t19-,20+,21+,22+/m0/s1. The highest BCUT2D eigenvalue weighted by Crippen LogP contribution is 2.50. The Bertz CT molecular complexity index is 918. The minimum Gasteiger partial charge on any atom is -0.339 e. The van der Waals surface area contributed by atoms with E-state index in [0.717, 1.165) is 18.1 Å². The Labute approximate surface area is 160 Å². The first-order valence-electron chi connectivity index (χ1n) is 9.88. The number of rotatable bonds is 3. The molecule has 3 aromatic rings. The van der Waals surface area contributed by atoms with Crippen LogP contribution in [0.1, 0.15) is 48.4 Å². The summed E-state index contributed by atoms with van der Waals surface area (Å²) in [6, 6.07) is 20.8. The van der Waals surface area contributed by atoms with Gasteiger partial charge in [-0.05, 0) is 55.8 Å². The molecule has 1 aromatic heterocycles. The Morgan fingerprint density at radius 3 is 2.41 bits per heavy atom. The maximum absolute atomic E-state index is 5.66. The molecule has 4 atom stereocenters. The zero-order valence-corrected chi connectivity index (χ0v) is 15.9. The fraction of sp³-hybridized carbons (Fsp3) is 0.391. The predicted octanol–water partition coefficient (Wildman–Crippen LogP) is 4.78. The van der Waals surface area contributed by atoms with Crippen molar-refractivity contribution in [2.75, 3.05) is 7.05 Å². The van der Waals surface area contributed by atoms with E-state index in [-0.39, 0.29) is 5.92 Å². The number of aromatic nitrogens is 2. The highest BCUT2D eigenvalue weighted by atomic mass is 16.5. The zero-order valence-electron chi connectivity index (χ0n) is 15.9. The van der Waals surface area contributed by atoms with Crippen LogP contribution < -0.4 is 0 Å². The largest absolute Gasteiger partial charge is 0.339 e. The summed E-state index contributed by atoms with van der Waals surface area (Å²) in [4.78, 5) is 7.16. The van der Waals surface area contributed by atoms with Crippen molar-refractivity contribution >= 4 is 0 Å². The molecule has 2 aliphatic rings. The molecular weight excluding hydrogens is 334 g/mol. The van der Waals surface area contributed by atoms with E-state index in [4.69, 9.17) is 4.52 Å². The fourth-order valence-corrected chi connectivity index (χ4v) is 5.15. The predicted molar refractivity (Wildman–Crippen MR) is 106 cm³/mol. The van der Waals surface area contributed by atoms with E-state index in [9.17, 15) is 0 Å². The topological polar surface area (TPSA) is 42.2 Å². The lowest BCUT2D eigenvalue weighted by Crippen LogP contribution is -2.44. The van der Waals surface area contributed by atoms with Gasteiger partial charge in [-0.2, -0.15) is 4.98 Å². The van der Waals surface area contributed by atoms with Crippen molar-refractivity contribution in [2.45, 2.75) is 50.1 Å². The molecule has 0 spiro atoms. The second kappa shape index (κ2) is 6.61. The fourth-order valence-electron chi connectivity index (χ4n) is 5.15. The molecule has 0 radical (unpaired) electrons. The van der Waals surface area contributed by atoms with Crippen LogP contribution in [0.5, 0.6) is 0 Å². The Kier molecular flexibility index (Phi) is 4.09. The number of fused-ring (bicyclic) bond motifs is 2. The molecule has 2 fully saturated rings. The van der Waals surface area contributed by atoms with Crippen LogP contribution in [0, 0.1) is 6.92 Å². The number of hydrogen-bond donors (Lipinski definition) is 0. The Morgan fingerprint density at radius 2 is 1.70 bits per heavy atom. The monoisotopic (exact) mass is 359 g/mol. The van der Waals surface area contributed by atoms with Crippen molar-refractivity contribution in [1.29, 1.82) is 0 Å². The summed E-state index contributed by atoms with van der Waals surface area (Å²) in [6.45, 7) is 1.90. The van der Waals surface area contributed by atoms with Gasteiger partial charge in [-0.1, -0.05) is 59.8 Å². The lowest BCUT2D eigenvalue weighted by Gasteiger charge is -2.41. The molecule has 2 aromatic carbocycles. The molecule has 2 saturated heterocycles. The van der Waals surface area contributed by atoms with E-state index < -0.39 is 0 Å². The average molecular weight is 359 g/mol. The first-order chi connectivity index (χ1) is 13.2. The van der Waals surface area contributed by atoms with Crippen LogP contribution in [0.15, 0.2) is 59.1 Å². The van der Waals surface area contributed by atoms with Crippen molar-refractivity contribution in [2.24, 2.45) is 0 Å². The van der Waals surface area contributed by atoms with Gasteiger partial charge in [-0.3, -0.25) is 4.90 Å². The summed E-state index contributed by atoms with van der Waals surface area (Å²) >= 11 is 0. The Balaban J connectivity index is 1.50. The number of benzene rings is 2. The van der Waals surface area contributed by atoms with E-state index in [1.54, 1.807) is 0 Å². The SMILES string of the molecule is Cc1noc([C@@H]2[C@@H](c3ccc(-c4ccccc4)cc3)C[C@@H]3CC[C@H]2N3C)n1. The van der Waals surface area contributed by atoms with Gasteiger partial charge in [0.2, 0.25) is 5.89 Å². The number of aryl methyl sites for hydroxylation is 1. The summed E-state index contributed by atoms with van der Waals surface area (Å²) in [7, 11) is 2.26. The van der Waals surface area contributed by atoms with E-state index in [1.165, 1.54) is 29.5 Å². The van der Waals surface area contributed by atoms with Gasteiger partial charge < -0.3 is 4.52 Å². The van der Waals surface area contributed by atoms with Gasteiger partial charge in [0, 0.05) is 12.1 Å². The normalized spacial score (nSPS) is 27.8. The smallest absolute Gasteiger partial charge is 0.231 e. The molecule has 5 rings (SSSR count). The molecule has 3 heterocycles. The molecule has 2 bridgehead atoms. The van der Waals surface area contributed by atoms with E-state index >= 15 is 0 Å². The minimum absolute atomic E-state index is 0.275. The van der Waals surface area contributed by atoms with Crippen LogP contribution in [0.25, 0.3) is 11.1 Å². The Hall–Kier alpha value is -2.46. The first-order valence-corrected chi connectivity index (χ1v) is 9.88. The molecule has 0 N–H and O–H groups in total.